The maximum Gasteiger partial charge on any atom is 0.141 e. The van der Waals surface area contributed by atoms with Gasteiger partial charge in [0, 0.05) is 12.7 Å². The van der Waals surface area contributed by atoms with Gasteiger partial charge in [0.05, 0.1) is 6.10 Å². The van der Waals surface area contributed by atoms with Crippen molar-refractivity contribution in [2.24, 2.45) is 11.7 Å². The molecule has 19 heavy (non-hydrogen) atoms. The molecule has 0 amide bonds. The second kappa shape index (κ2) is 6.12. The smallest absolute Gasteiger partial charge is 0.141 e. The Morgan fingerprint density at radius 1 is 1.58 bits per heavy atom. The lowest BCUT2D eigenvalue weighted by atomic mass is 9.92. The molecule has 5 heteroatoms. The van der Waals surface area contributed by atoms with Crippen molar-refractivity contribution in [2.75, 3.05) is 13.1 Å². The predicted molar refractivity (Wildman–Crippen MR) is 74.9 cm³/mol. The molecule has 1 aliphatic rings. The number of aliphatic hydroxyl groups excluding tert-OH is 1. The number of nitrogen functional groups attached to an aromatic ring is 1. The number of likely N-dealkylation sites (tertiary alicyclic amines) is 1. The molecule has 0 bridgehead atoms. The third-order valence-electron chi connectivity index (χ3n) is 3.82. The number of amidine groups is 1. The molecular formula is C14H22N4O. The van der Waals surface area contributed by atoms with E-state index in [0.717, 1.165) is 38.0 Å². The van der Waals surface area contributed by atoms with Gasteiger partial charge in [-0.25, -0.2) is 0 Å². The molecule has 2 heterocycles. The average Bonchev–Trinajstić information content (AvgIpc) is 2.39. The van der Waals surface area contributed by atoms with Gasteiger partial charge < -0.3 is 10.8 Å². The summed E-state index contributed by atoms with van der Waals surface area (Å²) in [4.78, 5) is 6.44. The van der Waals surface area contributed by atoms with Gasteiger partial charge in [-0.2, -0.15) is 0 Å². The summed E-state index contributed by atoms with van der Waals surface area (Å²) in [7, 11) is 0. The molecule has 0 aliphatic carbocycles. The molecule has 104 valence electrons. The Bertz CT molecular complexity index is 439. The van der Waals surface area contributed by atoms with Crippen LogP contribution in [0.5, 0.6) is 0 Å². The number of aliphatic hydroxyl groups is 1. The molecule has 1 saturated heterocycles. The van der Waals surface area contributed by atoms with Crippen LogP contribution in [-0.4, -0.2) is 40.0 Å². The molecule has 1 aromatic heterocycles. The van der Waals surface area contributed by atoms with Gasteiger partial charge in [-0.1, -0.05) is 0 Å². The summed E-state index contributed by atoms with van der Waals surface area (Å²) >= 11 is 0. The molecule has 0 spiro atoms. The molecule has 1 aliphatic heterocycles. The van der Waals surface area contributed by atoms with Crippen molar-refractivity contribution in [3.05, 3.63) is 29.6 Å². The zero-order valence-corrected chi connectivity index (χ0v) is 11.3. The van der Waals surface area contributed by atoms with E-state index >= 15 is 0 Å². The standard InChI is InChI=1S/C14H22N4O/c1-10(19)12-3-6-18(7-4-12)9-11-2-5-17-13(8-11)14(15)16/h2,5,8,10,12,19H,3-4,6-7,9H2,1H3,(H3,15,16). The van der Waals surface area contributed by atoms with E-state index in [4.69, 9.17) is 11.1 Å². The maximum atomic E-state index is 9.59. The Hall–Kier alpha value is -1.46. The van der Waals surface area contributed by atoms with Gasteiger partial charge in [-0.15, -0.1) is 0 Å². The highest BCUT2D eigenvalue weighted by Crippen LogP contribution is 2.21. The van der Waals surface area contributed by atoms with Crippen LogP contribution >= 0.6 is 0 Å². The number of nitrogens with one attached hydrogen (secondary N) is 1. The van der Waals surface area contributed by atoms with E-state index in [9.17, 15) is 5.11 Å². The van der Waals surface area contributed by atoms with Crippen molar-refractivity contribution >= 4 is 5.84 Å². The van der Waals surface area contributed by atoms with Crippen LogP contribution in [0.3, 0.4) is 0 Å². The Morgan fingerprint density at radius 2 is 2.26 bits per heavy atom. The fraction of sp³-hybridized carbons (Fsp3) is 0.571. The van der Waals surface area contributed by atoms with E-state index < -0.39 is 0 Å². The normalized spacial score (nSPS) is 19.3. The van der Waals surface area contributed by atoms with Gasteiger partial charge in [0.25, 0.3) is 0 Å². The second-order valence-electron chi connectivity index (χ2n) is 5.32. The summed E-state index contributed by atoms with van der Waals surface area (Å²) in [6, 6.07) is 3.84. The zero-order chi connectivity index (χ0) is 13.8. The van der Waals surface area contributed by atoms with Gasteiger partial charge in [-0.3, -0.25) is 15.3 Å². The van der Waals surface area contributed by atoms with Crippen LogP contribution in [0.1, 0.15) is 31.0 Å². The summed E-state index contributed by atoms with van der Waals surface area (Å²) < 4.78 is 0. The molecular weight excluding hydrogens is 240 g/mol. The molecule has 0 radical (unpaired) electrons. The second-order valence-corrected chi connectivity index (χ2v) is 5.32. The van der Waals surface area contributed by atoms with Crippen molar-refractivity contribution in [2.45, 2.75) is 32.4 Å². The van der Waals surface area contributed by atoms with Gasteiger partial charge in [-0.05, 0) is 56.5 Å². The zero-order valence-electron chi connectivity index (χ0n) is 11.3. The van der Waals surface area contributed by atoms with Crippen LogP contribution in [0.25, 0.3) is 0 Å². The third kappa shape index (κ3) is 3.75. The summed E-state index contributed by atoms with van der Waals surface area (Å²) in [6.07, 6.45) is 3.59. The monoisotopic (exact) mass is 262 g/mol. The number of hydrogen-bond donors (Lipinski definition) is 3. The van der Waals surface area contributed by atoms with E-state index in [1.54, 1.807) is 6.20 Å². The lowest BCUT2D eigenvalue weighted by Gasteiger charge is -2.33. The number of nitrogens with zero attached hydrogens (tertiary/aromatic N) is 2. The predicted octanol–water partition coefficient (Wildman–Crippen LogP) is 0.958. The quantitative estimate of drug-likeness (QED) is 0.557. The minimum Gasteiger partial charge on any atom is -0.393 e. The lowest BCUT2D eigenvalue weighted by molar-refractivity contribution is 0.0695. The maximum absolute atomic E-state index is 9.59. The molecule has 0 aromatic carbocycles. The van der Waals surface area contributed by atoms with Crippen molar-refractivity contribution in [3.8, 4) is 0 Å². The third-order valence-corrected chi connectivity index (χ3v) is 3.82. The number of pyridine rings is 1. The van der Waals surface area contributed by atoms with Gasteiger partial charge >= 0.3 is 0 Å². The van der Waals surface area contributed by atoms with Crippen molar-refractivity contribution in [3.63, 3.8) is 0 Å². The minimum absolute atomic E-state index is 0.00895. The first-order valence-corrected chi connectivity index (χ1v) is 6.76. The highest BCUT2D eigenvalue weighted by atomic mass is 16.3. The van der Waals surface area contributed by atoms with Gasteiger partial charge in [0.2, 0.25) is 0 Å². The van der Waals surface area contributed by atoms with Gasteiger partial charge in [0.1, 0.15) is 11.5 Å². The minimum atomic E-state index is -0.201. The van der Waals surface area contributed by atoms with E-state index in [2.05, 4.69) is 9.88 Å². The molecule has 1 aromatic rings. The average molecular weight is 262 g/mol. The summed E-state index contributed by atoms with van der Waals surface area (Å²) in [5, 5.41) is 17.0. The van der Waals surface area contributed by atoms with Crippen LogP contribution in [0, 0.1) is 11.3 Å². The van der Waals surface area contributed by atoms with Gasteiger partial charge in [0.15, 0.2) is 0 Å². The number of nitrogens with two attached hydrogens (primary N) is 1. The Morgan fingerprint density at radius 3 is 2.84 bits per heavy atom. The van der Waals surface area contributed by atoms with Crippen molar-refractivity contribution in [1.82, 2.24) is 9.88 Å². The van der Waals surface area contributed by atoms with E-state index in [1.807, 2.05) is 19.1 Å². The van der Waals surface area contributed by atoms with E-state index in [1.165, 1.54) is 0 Å². The topological polar surface area (TPSA) is 86.2 Å². The highest BCUT2D eigenvalue weighted by molar-refractivity contribution is 5.93. The summed E-state index contributed by atoms with van der Waals surface area (Å²) in [5.74, 6) is 0.441. The van der Waals surface area contributed by atoms with E-state index in [-0.39, 0.29) is 11.9 Å². The first kappa shape index (κ1) is 14.0. The first-order chi connectivity index (χ1) is 9.06. The SMILES string of the molecule is CC(O)C1CCN(Cc2ccnc(C(=N)N)c2)CC1. The number of hydrogen-bond acceptors (Lipinski definition) is 4. The number of rotatable bonds is 4. The summed E-state index contributed by atoms with van der Waals surface area (Å²) in [5.41, 5.74) is 7.12. The molecule has 5 nitrogen and oxygen atoms in total. The first-order valence-electron chi connectivity index (χ1n) is 6.76. The Balaban J connectivity index is 1.92. The molecule has 1 unspecified atom stereocenters. The van der Waals surface area contributed by atoms with Crippen LogP contribution in [0.2, 0.25) is 0 Å². The molecule has 4 N–H and O–H groups in total. The molecule has 1 atom stereocenters. The molecule has 0 saturated carbocycles. The van der Waals surface area contributed by atoms with Crippen molar-refractivity contribution in [1.29, 1.82) is 5.41 Å². The fourth-order valence-electron chi connectivity index (χ4n) is 2.57. The summed E-state index contributed by atoms with van der Waals surface area (Å²) in [6.45, 7) is 4.75. The highest BCUT2D eigenvalue weighted by Gasteiger charge is 2.22. The van der Waals surface area contributed by atoms with Crippen LogP contribution in [0.4, 0.5) is 0 Å². The molecule has 1 fully saturated rings. The van der Waals surface area contributed by atoms with E-state index in [0.29, 0.717) is 11.6 Å². The molecule has 2 rings (SSSR count). The van der Waals surface area contributed by atoms with Crippen LogP contribution < -0.4 is 5.73 Å². The number of aromatic nitrogens is 1. The number of piperidine rings is 1. The largest absolute Gasteiger partial charge is 0.393 e. The van der Waals surface area contributed by atoms with Crippen LogP contribution in [-0.2, 0) is 6.54 Å². The van der Waals surface area contributed by atoms with Crippen molar-refractivity contribution < 1.29 is 5.11 Å². The Labute approximate surface area is 114 Å². The Kier molecular flexibility index (Phi) is 4.50. The van der Waals surface area contributed by atoms with Crippen LogP contribution in [0.15, 0.2) is 18.3 Å². The lowest BCUT2D eigenvalue weighted by Crippen LogP contribution is -2.36. The fourth-order valence-corrected chi connectivity index (χ4v) is 2.57.